The van der Waals surface area contributed by atoms with E-state index < -0.39 is 6.17 Å². The molecule has 50 heavy (non-hydrogen) atoms. The standard InChI is InChI=1S/C44H33N4OP/c45-43(31-15-5-2-6-16-31)46-44(32-27-25-30(26-28-32)29-13-3-1-4-14-29)47-50-40-24-12-23-39-41(40)35-19-11-22-38(42(35)49-39)48-36-20-9-7-17-33(36)34-18-8-10-21-37(34)48/h1-28,43,50H,45H2,(H,46,47). The molecule has 9 rings (SSSR count). The van der Waals surface area contributed by atoms with Crippen LogP contribution in [0.3, 0.4) is 0 Å². The predicted octanol–water partition coefficient (Wildman–Crippen LogP) is 10.3. The van der Waals surface area contributed by atoms with Crippen molar-refractivity contribution in [2.75, 3.05) is 0 Å². The van der Waals surface area contributed by atoms with E-state index in [0.29, 0.717) is 0 Å². The number of hydrogen-bond donors (Lipinski definition) is 2. The van der Waals surface area contributed by atoms with Crippen LogP contribution in [0.25, 0.3) is 60.6 Å². The van der Waals surface area contributed by atoms with Crippen LogP contribution in [0.4, 0.5) is 0 Å². The first-order valence-electron chi connectivity index (χ1n) is 16.7. The monoisotopic (exact) mass is 664 g/mol. The van der Waals surface area contributed by atoms with Crippen molar-refractivity contribution in [3.8, 4) is 16.8 Å². The highest BCUT2D eigenvalue weighted by atomic mass is 31.1. The van der Waals surface area contributed by atoms with Crippen LogP contribution in [0, 0.1) is 0 Å². The fourth-order valence-corrected chi connectivity index (χ4v) is 7.89. The summed E-state index contributed by atoms with van der Waals surface area (Å²) in [4.78, 5) is 0. The minimum atomic E-state index is -0.423. The third-order valence-electron chi connectivity index (χ3n) is 9.33. The Bertz CT molecular complexity index is 2610. The first-order chi connectivity index (χ1) is 24.7. The smallest absolute Gasteiger partial charge is 0.159 e. The topological polar surface area (TPSA) is 68.5 Å². The summed E-state index contributed by atoms with van der Waals surface area (Å²) in [6.07, 6.45) is -0.423. The Labute approximate surface area is 291 Å². The number of nitrogens with two attached hydrogens (primary N) is 1. The molecule has 2 atom stereocenters. The lowest BCUT2D eigenvalue weighted by Crippen LogP contribution is -2.34. The summed E-state index contributed by atoms with van der Waals surface area (Å²) >= 11 is 0. The van der Waals surface area contributed by atoms with E-state index in [0.717, 1.165) is 66.5 Å². The zero-order valence-corrected chi connectivity index (χ0v) is 28.1. The molecule has 0 fully saturated rings. The molecule has 3 N–H and O–H groups in total. The zero-order valence-electron chi connectivity index (χ0n) is 27.1. The fraction of sp³-hybridized carbons (Fsp3) is 0.0227. The van der Waals surface area contributed by atoms with Gasteiger partial charge in [-0.3, -0.25) is 0 Å². The van der Waals surface area contributed by atoms with Gasteiger partial charge in [-0.2, -0.15) is 0 Å². The summed E-state index contributed by atoms with van der Waals surface area (Å²) in [5, 5.41) is 9.23. The molecular formula is C44H33N4OP. The highest BCUT2D eigenvalue weighted by Crippen LogP contribution is 2.38. The van der Waals surface area contributed by atoms with E-state index in [1.165, 1.54) is 16.3 Å². The van der Waals surface area contributed by atoms with E-state index in [1.807, 2.05) is 36.4 Å². The van der Waals surface area contributed by atoms with Crippen LogP contribution < -0.4 is 16.4 Å². The van der Waals surface area contributed by atoms with Crippen LogP contribution in [0.5, 0.6) is 0 Å². The second kappa shape index (κ2) is 12.8. The average molecular weight is 665 g/mol. The number of para-hydroxylation sites is 3. The van der Waals surface area contributed by atoms with Crippen LogP contribution in [0.1, 0.15) is 17.3 Å². The summed E-state index contributed by atoms with van der Waals surface area (Å²) in [5.74, 6) is 0.745. The molecule has 0 aliphatic heterocycles. The van der Waals surface area contributed by atoms with Crippen molar-refractivity contribution in [2.45, 2.75) is 6.17 Å². The molecule has 6 heteroatoms. The number of aromatic nitrogens is 1. The summed E-state index contributed by atoms with van der Waals surface area (Å²) in [6.45, 7) is 0. The molecule has 7 aromatic carbocycles. The summed E-state index contributed by atoms with van der Waals surface area (Å²) < 4.78 is 14.3. The Kier molecular flexibility index (Phi) is 7.70. The molecule has 0 amide bonds. The van der Waals surface area contributed by atoms with Crippen LogP contribution in [0.2, 0.25) is 0 Å². The average Bonchev–Trinajstić information content (AvgIpc) is 3.74. The Morgan fingerprint density at radius 3 is 1.92 bits per heavy atom. The first-order valence-corrected chi connectivity index (χ1v) is 17.7. The summed E-state index contributed by atoms with van der Waals surface area (Å²) in [6, 6.07) is 58.8. The Hall–Kier alpha value is -6.00. The highest BCUT2D eigenvalue weighted by molar-refractivity contribution is 7.46. The van der Waals surface area contributed by atoms with Gasteiger partial charge in [-0.1, -0.05) is 146 Å². The third kappa shape index (κ3) is 5.34. The van der Waals surface area contributed by atoms with E-state index in [2.05, 4.69) is 143 Å². The van der Waals surface area contributed by atoms with Crippen molar-refractivity contribution in [1.29, 1.82) is 0 Å². The van der Waals surface area contributed by atoms with Gasteiger partial charge in [0.05, 0.1) is 16.7 Å². The summed E-state index contributed by atoms with van der Waals surface area (Å²) in [7, 11) is 0.113. The lowest BCUT2D eigenvalue weighted by molar-refractivity contribution is 0.666. The molecule has 0 saturated heterocycles. The molecule has 2 unspecified atom stereocenters. The van der Waals surface area contributed by atoms with Gasteiger partial charge < -0.3 is 20.0 Å². The molecule has 0 saturated carbocycles. The molecule has 0 radical (unpaired) electrons. The van der Waals surface area contributed by atoms with Gasteiger partial charge in [-0.25, -0.2) is 4.76 Å². The van der Waals surface area contributed by atoms with Gasteiger partial charge in [0, 0.05) is 41.1 Å². The Morgan fingerprint density at radius 1 is 0.600 bits per heavy atom. The minimum Gasteiger partial charge on any atom is -0.454 e. The van der Waals surface area contributed by atoms with E-state index in [1.54, 1.807) is 0 Å². The normalized spacial score (nSPS) is 12.9. The summed E-state index contributed by atoms with van der Waals surface area (Å²) in [5.41, 5.74) is 16.0. The van der Waals surface area contributed by atoms with Crippen molar-refractivity contribution >= 4 is 63.6 Å². The minimum absolute atomic E-state index is 0.113. The van der Waals surface area contributed by atoms with Gasteiger partial charge in [0.25, 0.3) is 0 Å². The molecule has 5 nitrogen and oxygen atoms in total. The van der Waals surface area contributed by atoms with Gasteiger partial charge in [0.2, 0.25) is 0 Å². The van der Waals surface area contributed by atoms with Crippen molar-refractivity contribution in [3.63, 3.8) is 0 Å². The number of hydrogen-bond acceptors (Lipinski definition) is 3. The first kappa shape index (κ1) is 30.1. The molecule has 0 spiro atoms. The lowest BCUT2D eigenvalue weighted by Gasteiger charge is -2.18. The number of amidine groups is 1. The molecule has 0 aliphatic rings. The second-order valence-corrected chi connectivity index (χ2v) is 13.3. The fourth-order valence-electron chi connectivity index (χ4n) is 6.92. The van der Waals surface area contributed by atoms with Gasteiger partial charge in [-0.05, 0) is 41.0 Å². The number of nitrogens with one attached hydrogen (secondary N) is 1. The highest BCUT2D eigenvalue weighted by Gasteiger charge is 2.19. The number of furan rings is 1. The maximum absolute atomic E-state index is 6.71. The Morgan fingerprint density at radius 2 is 1.20 bits per heavy atom. The lowest BCUT2D eigenvalue weighted by atomic mass is 10.0. The van der Waals surface area contributed by atoms with Crippen molar-refractivity contribution in [2.24, 2.45) is 10.5 Å². The van der Waals surface area contributed by atoms with Crippen LogP contribution in [-0.2, 0) is 0 Å². The number of nitrogens with zero attached hydrogens (tertiary/aromatic N) is 2. The molecule has 9 aromatic rings. The largest absolute Gasteiger partial charge is 0.454 e. The number of benzene rings is 7. The number of fused-ring (bicyclic) bond motifs is 6. The predicted molar refractivity (Wildman–Crippen MR) is 211 cm³/mol. The molecular weight excluding hydrogens is 631 g/mol. The van der Waals surface area contributed by atoms with Gasteiger partial charge in [0.15, 0.2) is 5.58 Å². The molecule has 240 valence electrons. The van der Waals surface area contributed by atoms with E-state index in [4.69, 9.17) is 14.9 Å². The van der Waals surface area contributed by atoms with Gasteiger partial charge in [0.1, 0.15) is 17.6 Å². The third-order valence-corrected chi connectivity index (χ3v) is 10.3. The maximum Gasteiger partial charge on any atom is 0.159 e. The van der Waals surface area contributed by atoms with E-state index in [-0.39, 0.29) is 8.73 Å². The van der Waals surface area contributed by atoms with Crippen molar-refractivity contribution < 1.29 is 4.42 Å². The van der Waals surface area contributed by atoms with Crippen LogP contribution in [-0.4, -0.2) is 10.4 Å². The van der Waals surface area contributed by atoms with Gasteiger partial charge in [-0.15, -0.1) is 0 Å². The quantitative estimate of drug-likeness (QED) is 0.0771. The number of rotatable bonds is 7. The molecule has 2 aromatic heterocycles. The van der Waals surface area contributed by atoms with E-state index in [9.17, 15) is 0 Å². The molecule has 0 aliphatic carbocycles. The van der Waals surface area contributed by atoms with Crippen molar-refractivity contribution in [3.05, 3.63) is 181 Å². The molecule has 2 heterocycles. The maximum atomic E-state index is 6.71. The second-order valence-electron chi connectivity index (χ2n) is 12.4. The van der Waals surface area contributed by atoms with Crippen LogP contribution >= 0.6 is 8.73 Å². The van der Waals surface area contributed by atoms with Gasteiger partial charge >= 0.3 is 0 Å². The van der Waals surface area contributed by atoms with E-state index >= 15 is 0 Å². The SMILES string of the molecule is NC(N/C(=N\Pc1cccc2oc3c(-n4c5ccccc5c5ccccc54)cccc3c12)c1ccc(-c2ccccc2)cc1)c1ccccc1. The Balaban J connectivity index is 1.14. The molecule has 0 bridgehead atoms. The van der Waals surface area contributed by atoms with Crippen molar-refractivity contribution in [1.82, 2.24) is 9.88 Å². The zero-order chi connectivity index (χ0) is 33.4. The van der Waals surface area contributed by atoms with Crippen LogP contribution in [0.15, 0.2) is 179 Å².